The smallest absolute Gasteiger partial charge is 0.108 e. The predicted octanol–water partition coefficient (Wildman–Crippen LogP) is 2.51. The lowest BCUT2D eigenvalue weighted by Gasteiger charge is -2.29. The first kappa shape index (κ1) is 15.5. The van der Waals surface area contributed by atoms with Crippen LogP contribution in [0.5, 0.6) is 0 Å². The molecule has 1 heterocycles. The zero-order chi connectivity index (χ0) is 14.4. The van der Waals surface area contributed by atoms with Crippen LogP contribution < -0.4 is 5.32 Å². The molecule has 1 fully saturated rings. The van der Waals surface area contributed by atoms with Gasteiger partial charge in [0.1, 0.15) is 5.82 Å². The Labute approximate surface area is 122 Å². The summed E-state index contributed by atoms with van der Waals surface area (Å²) >= 11 is 0. The minimum atomic E-state index is -0.0949. The SMILES string of the molecule is CCCc1nccn1CCCCC(C)(CO)NC1CC1. The number of aliphatic hydroxyl groups excluding tert-OH is 1. The van der Waals surface area contributed by atoms with Crippen LogP contribution in [0.15, 0.2) is 12.4 Å². The van der Waals surface area contributed by atoms with Crippen molar-refractivity contribution in [1.82, 2.24) is 14.9 Å². The monoisotopic (exact) mass is 279 g/mol. The fourth-order valence-corrected chi connectivity index (χ4v) is 2.71. The minimum absolute atomic E-state index is 0.0949. The Morgan fingerprint density at radius 3 is 2.90 bits per heavy atom. The van der Waals surface area contributed by atoms with Gasteiger partial charge in [-0.1, -0.05) is 6.92 Å². The summed E-state index contributed by atoms with van der Waals surface area (Å²) < 4.78 is 2.27. The van der Waals surface area contributed by atoms with Crippen LogP contribution in [0, 0.1) is 0 Å². The van der Waals surface area contributed by atoms with Gasteiger partial charge in [-0.3, -0.25) is 0 Å². The first-order valence-corrected chi connectivity index (χ1v) is 8.05. The molecule has 0 aliphatic heterocycles. The van der Waals surface area contributed by atoms with E-state index in [1.54, 1.807) is 0 Å². The topological polar surface area (TPSA) is 50.1 Å². The summed E-state index contributed by atoms with van der Waals surface area (Å²) in [4.78, 5) is 4.41. The molecular weight excluding hydrogens is 250 g/mol. The largest absolute Gasteiger partial charge is 0.394 e. The lowest BCUT2D eigenvalue weighted by atomic mass is 9.95. The number of hydrogen-bond donors (Lipinski definition) is 2. The normalized spacial score (nSPS) is 18.1. The van der Waals surface area contributed by atoms with E-state index >= 15 is 0 Å². The fourth-order valence-electron chi connectivity index (χ4n) is 2.71. The molecule has 20 heavy (non-hydrogen) atoms. The van der Waals surface area contributed by atoms with Gasteiger partial charge in [0.15, 0.2) is 0 Å². The molecule has 1 unspecified atom stereocenters. The number of nitrogens with zero attached hydrogens (tertiary/aromatic N) is 2. The molecule has 0 amide bonds. The molecule has 1 aliphatic rings. The Morgan fingerprint density at radius 2 is 2.25 bits per heavy atom. The van der Waals surface area contributed by atoms with E-state index in [1.165, 1.54) is 18.7 Å². The van der Waals surface area contributed by atoms with Gasteiger partial charge in [0.25, 0.3) is 0 Å². The van der Waals surface area contributed by atoms with Gasteiger partial charge in [-0.05, 0) is 45.4 Å². The first-order chi connectivity index (χ1) is 9.67. The van der Waals surface area contributed by atoms with Crippen molar-refractivity contribution < 1.29 is 5.11 Å². The van der Waals surface area contributed by atoms with Gasteiger partial charge in [-0.2, -0.15) is 0 Å². The average molecular weight is 279 g/mol. The highest BCUT2D eigenvalue weighted by Crippen LogP contribution is 2.25. The number of imidazole rings is 1. The molecule has 0 aromatic carbocycles. The van der Waals surface area contributed by atoms with E-state index in [1.807, 2.05) is 6.20 Å². The van der Waals surface area contributed by atoms with Crippen LogP contribution in [0.25, 0.3) is 0 Å². The van der Waals surface area contributed by atoms with Crippen molar-refractivity contribution in [3.05, 3.63) is 18.2 Å². The number of rotatable bonds is 10. The summed E-state index contributed by atoms with van der Waals surface area (Å²) in [6.45, 7) is 5.61. The van der Waals surface area contributed by atoms with E-state index < -0.39 is 0 Å². The highest BCUT2D eigenvalue weighted by Gasteiger charge is 2.31. The number of aliphatic hydroxyl groups is 1. The number of hydrogen-bond acceptors (Lipinski definition) is 3. The molecule has 4 heteroatoms. The van der Waals surface area contributed by atoms with Crippen LogP contribution in [-0.4, -0.2) is 32.8 Å². The molecule has 1 aliphatic carbocycles. The highest BCUT2D eigenvalue weighted by atomic mass is 16.3. The molecule has 114 valence electrons. The number of unbranched alkanes of at least 4 members (excludes halogenated alkanes) is 1. The van der Waals surface area contributed by atoms with Gasteiger partial charge in [0, 0.05) is 36.9 Å². The fraction of sp³-hybridized carbons (Fsp3) is 0.812. The summed E-state index contributed by atoms with van der Waals surface area (Å²) in [5, 5.41) is 13.2. The minimum Gasteiger partial charge on any atom is -0.394 e. The number of aromatic nitrogens is 2. The summed E-state index contributed by atoms with van der Waals surface area (Å²) in [6, 6.07) is 0.650. The highest BCUT2D eigenvalue weighted by molar-refractivity contribution is 4.93. The van der Waals surface area contributed by atoms with E-state index in [0.29, 0.717) is 6.04 Å². The maximum absolute atomic E-state index is 9.58. The van der Waals surface area contributed by atoms with Crippen molar-refractivity contribution in [2.24, 2.45) is 0 Å². The summed E-state index contributed by atoms with van der Waals surface area (Å²) in [5.41, 5.74) is -0.0949. The van der Waals surface area contributed by atoms with Crippen molar-refractivity contribution in [3.8, 4) is 0 Å². The van der Waals surface area contributed by atoms with Gasteiger partial charge < -0.3 is 15.0 Å². The molecular formula is C16H29N3O. The van der Waals surface area contributed by atoms with Gasteiger partial charge in [-0.25, -0.2) is 4.98 Å². The lowest BCUT2D eigenvalue weighted by Crippen LogP contribution is -2.46. The third-order valence-electron chi connectivity index (χ3n) is 4.13. The Kier molecular flexibility index (Phi) is 5.61. The van der Waals surface area contributed by atoms with E-state index in [2.05, 4.69) is 34.9 Å². The summed E-state index contributed by atoms with van der Waals surface area (Å²) in [6.07, 6.45) is 12.1. The van der Waals surface area contributed by atoms with Crippen LogP contribution in [0.1, 0.15) is 58.2 Å². The van der Waals surface area contributed by atoms with Gasteiger partial charge in [0.05, 0.1) is 6.61 Å². The van der Waals surface area contributed by atoms with E-state index in [-0.39, 0.29) is 12.1 Å². The van der Waals surface area contributed by atoms with Crippen LogP contribution in [0.4, 0.5) is 0 Å². The van der Waals surface area contributed by atoms with Crippen molar-refractivity contribution in [2.75, 3.05) is 6.61 Å². The van der Waals surface area contributed by atoms with Gasteiger partial charge in [-0.15, -0.1) is 0 Å². The summed E-state index contributed by atoms with van der Waals surface area (Å²) in [5.74, 6) is 1.20. The van der Waals surface area contributed by atoms with Crippen molar-refractivity contribution in [3.63, 3.8) is 0 Å². The van der Waals surface area contributed by atoms with Crippen molar-refractivity contribution in [2.45, 2.75) is 76.9 Å². The molecule has 1 aromatic heterocycles. The van der Waals surface area contributed by atoms with Crippen molar-refractivity contribution in [1.29, 1.82) is 0 Å². The van der Waals surface area contributed by atoms with Crippen LogP contribution in [0.2, 0.25) is 0 Å². The Hall–Kier alpha value is -0.870. The number of nitrogens with one attached hydrogen (secondary N) is 1. The molecule has 0 radical (unpaired) electrons. The molecule has 1 aromatic rings. The lowest BCUT2D eigenvalue weighted by molar-refractivity contribution is 0.160. The van der Waals surface area contributed by atoms with Crippen LogP contribution in [0.3, 0.4) is 0 Å². The standard InChI is InChI=1S/C16H29N3O/c1-3-6-15-17-10-12-19(15)11-5-4-9-16(2,13-20)18-14-7-8-14/h10,12,14,18,20H,3-9,11,13H2,1-2H3. The molecule has 0 bridgehead atoms. The van der Waals surface area contributed by atoms with Gasteiger partial charge >= 0.3 is 0 Å². The van der Waals surface area contributed by atoms with Crippen molar-refractivity contribution >= 4 is 0 Å². The second-order valence-electron chi connectivity index (χ2n) is 6.38. The maximum Gasteiger partial charge on any atom is 0.108 e. The molecule has 0 saturated heterocycles. The molecule has 2 rings (SSSR count). The molecule has 0 spiro atoms. The third kappa shape index (κ3) is 4.60. The Morgan fingerprint density at radius 1 is 1.45 bits per heavy atom. The number of aryl methyl sites for hydroxylation is 2. The van der Waals surface area contributed by atoms with Crippen LogP contribution >= 0.6 is 0 Å². The molecule has 2 N–H and O–H groups in total. The Bertz CT molecular complexity index is 400. The summed E-state index contributed by atoms with van der Waals surface area (Å²) in [7, 11) is 0. The van der Waals surface area contributed by atoms with E-state index in [4.69, 9.17) is 0 Å². The molecule has 1 saturated carbocycles. The van der Waals surface area contributed by atoms with E-state index in [9.17, 15) is 5.11 Å². The third-order valence-corrected chi connectivity index (χ3v) is 4.13. The second-order valence-corrected chi connectivity index (χ2v) is 6.38. The van der Waals surface area contributed by atoms with Gasteiger partial charge in [0.2, 0.25) is 0 Å². The molecule has 4 nitrogen and oxygen atoms in total. The quantitative estimate of drug-likeness (QED) is 0.647. The molecule has 1 atom stereocenters. The first-order valence-electron chi connectivity index (χ1n) is 8.05. The van der Waals surface area contributed by atoms with Crippen LogP contribution in [-0.2, 0) is 13.0 Å². The zero-order valence-corrected chi connectivity index (χ0v) is 12.9. The Balaban J connectivity index is 1.70. The predicted molar refractivity (Wildman–Crippen MR) is 81.7 cm³/mol. The van der Waals surface area contributed by atoms with E-state index in [0.717, 1.165) is 38.6 Å². The average Bonchev–Trinajstić information content (AvgIpc) is 3.13. The maximum atomic E-state index is 9.58. The second kappa shape index (κ2) is 7.23. The zero-order valence-electron chi connectivity index (χ0n) is 12.9.